The summed E-state index contributed by atoms with van der Waals surface area (Å²) in [5.41, 5.74) is 1.51. The Labute approximate surface area is 157 Å². The van der Waals surface area contributed by atoms with E-state index >= 15 is 0 Å². The highest BCUT2D eigenvalue weighted by atomic mass is 16.5. The van der Waals surface area contributed by atoms with Gasteiger partial charge in [-0.15, -0.1) is 0 Å². The number of aryl methyl sites for hydroxylation is 1. The molecule has 26 heavy (non-hydrogen) atoms. The van der Waals surface area contributed by atoms with Crippen LogP contribution in [0.4, 0.5) is 0 Å². The van der Waals surface area contributed by atoms with Crippen molar-refractivity contribution >= 4 is 11.9 Å². The lowest BCUT2D eigenvalue weighted by molar-refractivity contribution is -0.121. The number of methoxy groups -OCH3 is 2. The van der Waals surface area contributed by atoms with Gasteiger partial charge in [-0.3, -0.25) is 4.79 Å². The van der Waals surface area contributed by atoms with Gasteiger partial charge >= 0.3 is 5.97 Å². The predicted molar refractivity (Wildman–Crippen MR) is 104 cm³/mol. The van der Waals surface area contributed by atoms with Crippen molar-refractivity contribution in [3.8, 4) is 5.75 Å². The smallest absolute Gasteiger partial charge is 0.341 e. The van der Waals surface area contributed by atoms with E-state index in [9.17, 15) is 9.59 Å². The first-order valence-corrected chi connectivity index (χ1v) is 9.64. The molecule has 0 bridgehead atoms. The molecule has 0 radical (unpaired) electrons. The molecular weight excluding hydrogens is 330 g/mol. The fourth-order valence-electron chi connectivity index (χ4n) is 2.92. The van der Waals surface area contributed by atoms with E-state index in [1.165, 1.54) is 7.11 Å². The summed E-state index contributed by atoms with van der Waals surface area (Å²) >= 11 is 0. The van der Waals surface area contributed by atoms with Crippen molar-refractivity contribution in [1.29, 1.82) is 0 Å². The largest absolute Gasteiger partial charge is 0.496 e. The Bertz CT molecular complexity index is 557. The van der Waals surface area contributed by atoms with Crippen molar-refractivity contribution in [2.45, 2.75) is 64.7 Å². The minimum absolute atomic E-state index is 0.169. The summed E-state index contributed by atoms with van der Waals surface area (Å²) in [6, 6.07) is 5.58. The number of ether oxygens (including phenoxy) is 2. The van der Waals surface area contributed by atoms with Crippen molar-refractivity contribution in [2.24, 2.45) is 0 Å². The maximum absolute atomic E-state index is 11.8. The van der Waals surface area contributed by atoms with Gasteiger partial charge in [0.25, 0.3) is 0 Å². The molecule has 0 spiro atoms. The van der Waals surface area contributed by atoms with E-state index in [2.05, 4.69) is 12.2 Å². The van der Waals surface area contributed by atoms with Crippen LogP contribution in [0.3, 0.4) is 0 Å². The number of hydrogen-bond donors (Lipinski definition) is 1. The van der Waals surface area contributed by atoms with Gasteiger partial charge in [-0.1, -0.05) is 44.7 Å². The summed E-state index contributed by atoms with van der Waals surface area (Å²) in [6.45, 7) is 2.91. The summed E-state index contributed by atoms with van der Waals surface area (Å²) in [5, 5.41) is 2.95. The number of carbonyl (C=O) groups excluding carboxylic acids is 2. The molecule has 0 aromatic heterocycles. The van der Waals surface area contributed by atoms with Crippen LogP contribution in [0, 0.1) is 0 Å². The number of para-hydroxylation sites is 1. The monoisotopic (exact) mass is 363 g/mol. The number of nitrogens with one attached hydrogen (secondary N) is 1. The molecule has 0 aliphatic carbocycles. The second-order valence-electron chi connectivity index (χ2n) is 6.46. The second kappa shape index (κ2) is 13.2. The molecule has 5 heteroatoms. The van der Waals surface area contributed by atoms with Crippen LogP contribution >= 0.6 is 0 Å². The summed E-state index contributed by atoms with van der Waals surface area (Å²) in [7, 11) is 2.95. The van der Waals surface area contributed by atoms with Crippen LogP contribution in [0.2, 0.25) is 0 Å². The molecule has 0 aliphatic heterocycles. The third kappa shape index (κ3) is 7.89. The van der Waals surface area contributed by atoms with Crippen LogP contribution < -0.4 is 10.1 Å². The normalized spacial score (nSPS) is 10.4. The van der Waals surface area contributed by atoms with Gasteiger partial charge in [0, 0.05) is 13.0 Å². The molecule has 0 fully saturated rings. The van der Waals surface area contributed by atoms with Crippen LogP contribution in [0.1, 0.15) is 74.2 Å². The fourth-order valence-corrected chi connectivity index (χ4v) is 2.92. The van der Waals surface area contributed by atoms with E-state index in [1.54, 1.807) is 13.2 Å². The number of unbranched alkanes of at least 4 members (excludes halogenated alkanes) is 5. The molecule has 1 rings (SSSR count). The zero-order chi connectivity index (χ0) is 19.2. The van der Waals surface area contributed by atoms with E-state index < -0.39 is 0 Å². The number of benzene rings is 1. The molecule has 5 nitrogen and oxygen atoms in total. The van der Waals surface area contributed by atoms with Crippen LogP contribution in [-0.2, 0) is 16.0 Å². The third-order valence-electron chi connectivity index (χ3n) is 4.41. The van der Waals surface area contributed by atoms with Gasteiger partial charge in [0.1, 0.15) is 11.3 Å². The predicted octanol–water partition coefficient (Wildman–Crippen LogP) is 4.28. The second-order valence-corrected chi connectivity index (χ2v) is 6.46. The number of esters is 1. The highest BCUT2D eigenvalue weighted by Crippen LogP contribution is 2.26. The Kier molecular flexibility index (Phi) is 11.2. The molecule has 0 heterocycles. The van der Waals surface area contributed by atoms with Crippen LogP contribution in [0.5, 0.6) is 5.75 Å². The minimum atomic E-state index is -0.374. The number of hydrogen-bond acceptors (Lipinski definition) is 4. The van der Waals surface area contributed by atoms with Gasteiger partial charge in [-0.25, -0.2) is 4.79 Å². The lowest BCUT2D eigenvalue weighted by Crippen LogP contribution is -2.23. The SMILES string of the molecule is CCCCNC(=O)CCCCCCCc1cccc(C(=O)OC)c1OC. The fraction of sp³-hybridized carbons (Fsp3) is 0.619. The maximum Gasteiger partial charge on any atom is 0.341 e. The third-order valence-corrected chi connectivity index (χ3v) is 4.41. The quantitative estimate of drug-likeness (QED) is 0.420. The number of rotatable bonds is 13. The van der Waals surface area contributed by atoms with Crippen molar-refractivity contribution < 1.29 is 19.1 Å². The summed E-state index contributed by atoms with van der Waals surface area (Å²) in [5.74, 6) is 0.409. The van der Waals surface area contributed by atoms with Crippen LogP contribution in [0.25, 0.3) is 0 Å². The Balaban J connectivity index is 2.26. The van der Waals surface area contributed by atoms with E-state index in [0.717, 1.165) is 63.5 Å². The molecule has 0 aliphatic rings. The Morgan fingerprint density at radius 2 is 1.73 bits per heavy atom. The Morgan fingerprint density at radius 3 is 2.42 bits per heavy atom. The lowest BCUT2D eigenvalue weighted by atomic mass is 10.0. The van der Waals surface area contributed by atoms with Gasteiger partial charge in [0.2, 0.25) is 5.91 Å². The topological polar surface area (TPSA) is 64.6 Å². The summed E-state index contributed by atoms with van der Waals surface area (Å²) in [6.07, 6.45) is 8.90. The van der Waals surface area contributed by atoms with Crippen molar-refractivity contribution in [2.75, 3.05) is 20.8 Å². The van der Waals surface area contributed by atoms with E-state index in [1.807, 2.05) is 12.1 Å². The zero-order valence-electron chi connectivity index (χ0n) is 16.4. The summed E-state index contributed by atoms with van der Waals surface area (Å²) < 4.78 is 10.2. The Hall–Kier alpha value is -2.04. The number of carbonyl (C=O) groups is 2. The molecule has 1 aromatic rings. The molecule has 0 saturated carbocycles. The minimum Gasteiger partial charge on any atom is -0.496 e. The molecule has 0 saturated heterocycles. The molecular formula is C21H33NO4. The average Bonchev–Trinajstić information content (AvgIpc) is 2.66. The molecule has 1 amide bonds. The first-order chi connectivity index (χ1) is 12.6. The standard InChI is InChI=1S/C21H33NO4/c1-4-5-16-22-19(23)15-10-8-6-7-9-12-17-13-11-14-18(20(17)25-2)21(24)26-3/h11,13-14H,4-10,12,15-16H2,1-3H3,(H,22,23). The van der Waals surface area contributed by atoms with Gasteiger partial charge in [-0.05, 0) is 37.3 Å². The van der Waals surface area contributed by atoms with Crippen molar-refractivity contribution in [1.82, 2.24) is 5.32 Å². The molecule has 146 valence electrons. The highest BCUT2D eigenvalue weighted by molar-refractivity contribution is 5.93. The Morgan fingerprint density at radius 1 is 1.00 bits per heavy atom. The van der Waals surface area contributed by atoms with E-state index in [4.69, 9.17) is 9.47 Å². The van der Waals surface area contributed by atoms with Crippen molar-refractivity contribution in [3.05, 3.63) is 29.3 Å². The zero-order valence-corrected chi connectivity index (χ0v) is 16.4. The first kappa shape index (κ1) is 22.0. The van der Waals surface area contributed by atoms with Gasteiger partial charge in [0.05, 0.1) is 14.2 Å². The first-order valence-electron chi connectivity index (χ1n) is 9.64. The maximum atomic E-state index is 11.8. The van der Waals surface area contributed by atoms with Gasteiger partial charge in [-0.2, -0.15) is 0 Å². The van der Waals surface area contributed by atoms with Crippen LogP contribution in [-0.4, -0.2) is 32.6 Å². The van der Waals surface area contributed by atoms with Gasteiger partial charge < -0.3 is 14.8 Å². The molecule has 1 N–H and O–H groups in total. The molecule has 0 unspecified atom stereocenters. The lowest BCUT2D eigenvalue weighted by Gasteiger charge is -2.12. The van der Waals surface area contributed by atoms with E-state index in [-0.39, 0.29) is 11.9 Å². The molecule has 1 aromatic carbocycles. The molecule has 0 atom stereocenters. The van der Waals surface area contributed by atoms with Crippen LogP contribution in [0.15, 0.2) is 18.2 Å². The summed E-state index contributed by atoms with van der Waals surface area (Å²) in [4.78, 5) is 23.4. The van der Waals surface area contributed by atoms with Gasteiger partial charge in [0.15, 0.2) is 0 Å². The highest BCUT2D eigenvalue weighted by Gasteiger charge is 2.15. The van der Waals surface area contributed by atoms with Crippen molar-refractivity contribution in [3.63, 3.8) is 0 Å². The number of amides is 1. The average molecular weight is 363 g/mol. The van der Waals surface area contributed by atoms with E-state index in [0.29, 0.717) is 17.7 Å².